The van der Waals surface area contributed by atoms with Crippen LogP contribution in [0.3, 0.4) is 0 Å². The Bertz CT molecular complexity index is 1320. The van der Waals surface area contributed by atoms with Gasteiger partial charge in [-0.15, -0.1) is 0 Å². The number of carbonyl (C=O) groups is 3. The lowest BCUT2D eigenvalue weighted by Crippen LogP contribution is -2.36. The molecule has 1 aliphatic heterocycles. The van der Waals surface area contributed by atoms with Crippen molar-refractivity contribution >= 4 is 38.8 Å². The molecule has 1 saturated heterocycles. The van der Waals surface area contributed by atoms with E-state index in [1.54, 1.807) is 0 Å². The lowest BCUT2D eigenvalue weighted by atomic mass is 10.1. The van der Waals surface area contributed by atoms with Crippen molar-refractivity contribution in [2.75, 3.05) is 6.54 Å². The highest BCUT2D eigenvalue weighted by Gasteiger charge is 2.38. The van der Waals surface area contributed by atoms with Gasteiger partial charge in [0.25, 0.3) is 5.91 Å². The lowest BCUT2D eigenvalue weighted by molar-refractivity contribution is -0.130. The van der Waals surface area contributed by atoms with Gasteiger partial charge in [-0.25, -0.2) is 18.4 Å². The third kappa shape index (κ3) is 5.04. The first-order valence-electron chi connectivity index (χ1n) is 10.3. The second-order valence-corrected chi connectivity index (χ2v) is 9.33. The van der Waals surface area contributed by atoms with Crippen molar-refractivity contribution in [1.82, 2.24) is 20.5 Å². The maximum absolute atomic E-state index is 12.7. The fourth-order valence-electron chi connectivity index (χ4n) is 3.75. The van der Waals surface area contributed by atoms with Crippen molar-refractivity contribution in [1.29, 1.82) is 0 Å². The Balaban J connectivity index is 1.29. The quantitative estimate of drug-likeness (QED) is 0.362. The average molecular weight is 470 g/mol. The molecule has 0 aliphatic carbocycles. The predicted octanol–water partition coefficient (Wildman–Crippen LogP) is 0.985. The number of hydrogen-bond donors (Lipinski definition) is 4. The number of nitrogens with zero attached hydrogens (tertiary/aromatic N) is 1. The van der Waals surface area contributed by atoms with Gasteiger partial charge in [-0.1, -0.05) is 30.3 Å². The molecule has 172 valence electrons. The van der Waals surface area contributed by atoms with Gasteiger partial charge in [-0.2, -0.15) is 0 Å². The Morgan fingerprint density at radius 1 is 1.09 bits per heavy atom. The number of carbonyl (C=O) groups excluding carboxylic acids is 3. The van der Waals surface area contributed by atoms with Crippen LogP contribution in [-0.4, -0.2) is 48.7 Å². The fraction of sp³-hybridized carbons (Fsp3) is 0.227. The van der Waals surface area contributed by atoms with E-state index in [0.29, 0.717) is 12.0 Å². The number of urea groups is 1. The first-order valence-corrected chi connectivity index (χ1v) is 11.8. The molecule has 1 atom stereocenters. The molecule has 4 amide bonds. The van der Waals surface area contributed by atoms with Gasteiger partial charge < -0.3 is 15.6 Å². The van der Waals surface area contributed by atoms with E-state index in [0.717, 1.165) is 21.4 Å². The summed E-state index contributed by atoms with van der Waals surface area (Å²) >= 11 is 0. The molecule has 10 nitrogen and oxygen atoms in total. The van der Waals surface area contributed by atoms with E-state index in [1.807, 2.05) is 30.5 Å². The highest BCUT2D eigenvalue weighted by Crippen LogP contribution is 2.19. The molecular formula is C22H23N5O5S. The molecule has 33 heavy (non-hydrogen) atoms. The van der Waals surface area contributed by atoms with Crippen molar-refractivity contribution in [3.8, 4) is 0 Å². The summed E-state index contributed by atoms with van der Waals surface area (Å²) in [5.74, 6) is -0.852. The zero-order chi connectivity index (χ0) is 23.6. The van der Waals surface area contributed by atoms with Gasteiger partial charge in [0.15, 0.2) is 0 Å². The molecule has 5 N–H and O–H groups in total. The third-order valence-electron chi connectivity index (χ3n) is 5.52. The Kier molecular flexibility index (Phi) is 6.16. The minimum atomic E-state index is -3.78. The van der Waals surface area contributed by atoms with Gasteiger partial charge in [-0.05, 0) is 35.7 Å². The number of fused-ring (bicyclic) bond motifs is 1. The molecule has 2 aromatic carbocycles. The Hall–Kier alpha value is -3.70. The van der Waals surface area contributed by atoms with Crippen LogP contribution in [0.5, 0.6) is 0 Å². The summed E-state index contributed by atoms with van der Waals surface area (Å²) in [6.45, 7) is 0.351. The number of nitrogens with two attached hydrogens (primary N) is 1. The highest BCUT2D eigenvalue weighted by atomic mass is 32.2. The summed E-state index contributed by atoms with van der Waals surface area (Å²) in [6.07, 6.45) is 2.17. The average Bonchev–Trinajstić information content (AvgIpc) is 3.31. The Morgan fingerprint density at radius 3 is 2.55 bits per heavy atom. The van der Waals surface area contributed by atoms with Gasteiger partial charge in [0.2, 0.25) is 15.9 Å². The van der Waals surface area contributed by atoms with Crippen LogP contribution in [0.4, 0.5) is 4.79 Å². The number of hydrogen-bond acceptors (Lipinski definition) is 5. The molecule has 0 radical (unpaired) electrons. The van der Waals surface area contributed by atoms with E-state index in [2.05, 4.69) is 15.6 Å². The molecule has 0 bridgehead atoms. The number of H-pyrrole nitrogens is 1. The minimum absolute atomic E-state index is 0.0235. The van der Waals surface area contributed by atoms with Crippen molar-refractivity contribution < 1.29 is 22.8 Å². The summed E-state index contributed by atoms with van der Waals surface area (Å²) in [4.78, 5) is 41.5. The predicted molar refractivity (Wildman–Crippen MR) is 120 cm³/mol. The molecule has 1 fully saturated rings. The summed E-state index contributed by atoms with van der Waals surface area (Å²) in [6, 6.07) is 12.1. The number of primary sulfonamides is 1. The number of para-hydroxylation sites is 1. The van der Waals surface area contributed by atoms with E-state index in [4.69, 9.17) is 5.14 Å². The highest BCUT2D eigenvalue weighted by molar-refractivity contribution is 7.89. The van der Waals surface area contributed by atoms with E-state index in [9.17, 15) is 22.8 Å². The molecular weight excluding hydrogens is 446 g/mol. The van der Waals surface area contributed by atoms with E-state index in [-0.39, 0.29) is 24.4 Å². The van der Waals surface area contributed by atoms with Gasteiger partial charge in [0.1, 0.15) is 6.04 Å². The van der Waals surface area contributed by atoms with E-state index < -0.39 is 33.9 Å². The molecule has 0 saturated carbocycles. The van der Waals surface area contributed by atoms with E-state index >= 15 is 0 Å². The number of nitrogens with one attached hydrogen (secondary N) is 3. The topological polar surface area (TPSA) is 154 Å². The summed E-state index contributed by atoms with van der Waals surface area (Å²) in [5, 5.41) is 11.3. The van der Waals surface area contributed by atoms with E-state index in [1.165, 1.54) is 24.3 Å². The summed E-state index contributed by atoms with van der Waals surface area (Å²) in [5.41, 5.74) is 2.65. The number of aromatic nitrogens is 1. The van der Waals surface area contributed by atoms with Crippen LogP contribution >= 0.6 is 0 Å². The maximum Gasteiger partial charge on any atom is 0.324 e. The number of sulfonamides is 1. The lowest BCUT2D eigenvalue weighted by Gasteiger charge is -2.13. The van der Waals surface area contributed by atoms with Gasteiger partial charge >= 0.3 is 6.03 Å². The number of amides is 4. The van der Waals surface area contributed by atoms with Crippen LogP contribution < -0.4 is 15.8 Å². The van der Waals surface area contributed by atoms with Crippen LogP contribution in [0, 0.1) is 0 Å². The number of rotatable bonds is 8. The van der Waals surface area contributed by atoms with Crippen molar-refractivity contribution in [2.24, 2.45) is 5.14 Å². The second-order valence-electron chi connectivity index (χ2n) is 7.77. The molecule has 1 aromatic heterocycles. The number of aromatic amines is 1. The molecule has 1 unspecified atom stereocenters. The molecule has 1 aliphatic rings. The molecule has 11 heteroatoms. The molecule has 3 aromatic rings. The van der Waals surface area contributed by atoms with Gasteiger partial charge in [0, 0.05) is 30.2 Å². The SMILES string of the molecule is NS(=O)(=O)c1ccc(CNC(=O)CC2NC(=O)N(CCc3c[nH]c4ccccc34)C2=O)cc1. The van der Waals surface area contributed by atoms with Crippen molar-refractivity contribution in [3.63, 3.8) is 0 Å². The monoisotopic (exact) mass is 469 g/mol. The van der Waals surface area contributed by atoms with Gasteiger partial charge in [0.05, 0.1) is 11.3 Å². The first kappa shape index (κ1) is 22.5. The van der Waals surface area contributed by atoms with Crippen LogP contribution in [-0.2, 0) is 32.6 Å². The summed E-state index contributed by atoms with van der Waals surface area (Å²) in [7, 11) is -3.78. The zero-order valence-corrected chi connectivity index (χ0v) is 18.4. The van der Waals surface area contributed by atoms with Crippen LogP contribution in [0.2, 0.25) is 0 Å². The van der Waals surface area contributed by atoms with Crippen molar-refractivity contribution in [2.45, 2.75) is 30.3 Å². The first-order chi connectivity index (χ1) is 15.7. The maximum atomic E-state index is 12.7. The smallest absolute Gasteiger partial charge is 0.324 e. The number of benzene rings is 2. The molecule has 4 rings (SSSR count). The van der Waals surface area contributed by atoms with Gasteiger partial charge in [-0.3, -0.25) is 14.5 Å². The largest absolute Gasteiger partial charge is 0.361 e. The Labute approximate surface area is 190 Å². The Morgan fingerprint density at radius 2 is 1.82 bits per heavy atom. The zero-order valence-electron chi connectivity index (χ0n) is 17.6. The summed E-state index contributed by atoms with van der Waals surface area (Å²) < 4.78 is 22.6. The fourth-order valence-corrected chi connectivity index (χ4v) is 4.27. The minimum Gasteiger partial charge on any atom is -0.361 e. The third-order valence-corrected chi connectivity index (χ3v) is 6.45. The van der Waals surface area contributed by atoms with Crippen LogP contribution in [0.25, 0.3) is 10.9 Å². The normalized spacial score (nSPS) is 16.3. The molecule has 0 spiro atoms. The second kappa shape index (κ2) is 9.04. The molecule has 2 heterocycles. The van der Waals surface area contributed by atoms with Crippen molar-refractivity contribution in [3.05, 3.63) is 65.9 Å². The van der Waals surface area contributed by atoms with Crippen LogP contribution in [0.15, 0.2) is 59.6 Å². The standard InChI is InChI=1S/C22H23N5O5S/c23-33(31,32)16-7-5-14(6-8-16)12-25-20(28)11-19-21(29)27(22(30)26-19)10-9-15-13-24-18-4-2-1-3-17(15)18/h1-8,13,19,24H,9-12H2,(H,25,28)(H,26,30)(H2,23,31,32). The number of imide groups is 1. The van der Waals surface area contributed by atoms with Crippen LogP contribution in [0.1, 0.15) is 17.5 Å².